The number of carbonyl (C=O) groups excluding carboxylic acids is 4. The van der Waals surface area contributed by atoms with Crippen LogP contribution in [0.5, 0.6) is 0 Å². The van der Waals surface area contributed by atoms with Gasteiger partial charge in [0, 0.05) is 54.1 Å². The molecular weight excluding hydrogens is 517 g/mol. The third-order valence-corrected chi connectivity index (χ3v) is 8.03. The highest BCUT2D eigenvalue weighted by atomic mass is 35.5. The number of hydrogen-bond donors (Lipinski definition) is 1. The van der Waals surface area contributed by atoms with Gasteiger partial charge in [0.25, 0.3) is 0 Å². The van der Waals surface area contributed by atoms with Gasteiger partial charge in [0.15, 0.2) is 0 Å². The van der Waals surface area contributed by atoms with Crippen molar-refractivity contribution in [3.8, 4) is 0 Å². The van der Waals surface area contributed by atoms with Gasteiger partial charge in [0.1, 0.15) is 5.41 Å². The summed E-state index contributed by atoms with van der Waals surface area (Å²) in [6.07, 6.45) is 5.42. The first-order valence-corrected chi connectivity index (χ1v) is 13.7. The van der Waals surface area contributed by atoms with Gasteiger partial charge in [0.2, 0.25) is 17.7 Å². The largest absolute Gasteiger partial charge is 0.465 e. The molecule has 2 saturated heterocycles. The highest BCUT2D eigenvalue weighted by Gasteiger charge is 2.55. The van der Waals surface area contributed by atoms with Gasteiger partial charge < -0.3 is 19.9 Å². The molecule has 0 unspecified atom stereocenters. The number of esters is 1. The predicted octanol–water partition coefficient (Wildman–Crippen LogP) is 4.09. The monoisotopic (exact) mass is 549 g/mol. The summed E-state index contributed by atoms with van der Waals surface area (Å²) in [5, 5.41) is 3.80. The topological polar surface area (TPSA) is 96.0 Å². The molecule has 3 amide bonds. The van der Waals surface area contributed by atoms with Crippen LogP contribution in [0, 0.1) is 11.3 Å². The number of piperidine rings is 1. The third-order valence-electron chi connectivity index (χ3n) is 7.44. The van der Waals surface area contributed by atoms with Gasteiger partial charge >= 0.3 is 5.97 Å². The van der Waals surface area contributed by atoms with Crippen molar-refractivity contribution in [1.82, 2.24) is 15.1 Å². The van der Waals surface area contributed by atoms with E-state index in [-0.39, 0.29) is 49.7 Å². The van der Waals surface area contributed by atoms with E-state index in [4.69, 9.17) is 27.9 Å². The standard InChI is InChI=1S/C27H33Cl2N3O5/c1-2-37-26(36)27-10-3-6-22(27)32(17-18-8-9-20(28)15-21(18)29)25(35)19(16-27)14-23(33)30-11-5-13-31-12-4-7-24(31)34/h6,8-9,15,19H,2-5,7,10-14,16-17H2,1H3,(H,30,33)/t19-,27+/m1/s1. The number of nitrogens with zero attached hydrogens (tertiary/aromatic N) is 2. The minimum Gasteiger partial charge on any atom is -0.465 e. The number of allylic oxidation sites excluding steroid dienone is 1. The van der Waals surface area contributed by atoms with Crippen molar-refractivity contribution < 1.29 is 23.9 Å². The number of fused-ring (bicyclic) bond motifs is 1. The van der Waals surface area contributed by atoms with Crippen LogP contribution >= 0.6 is 23.2 Å². The van der Waals surface area contributed by atoms with Crippen molar-refractivity contribution in [2.75, 3.05) is 26.2 Å². The number of carbonyl (C=O) groups is 4. The molecule has 0 aromatic heterocycles. The first-order valence-electron chi connectivity index (χ1n) is 12.9. The Kier molecular flexibility index (Phi) is 8.80. The Balaban J connectivity index is 1.48. The smallest absolute Gasteiger partial charge is 0.318 e. The van der Waals surface area contributed by atoms with Gasteiger partial charge in [-0.25, -0.2) is 0 Å². The molecular formula is C27H33Cl2N3O5. The number of likely N-dealkylation sites (tertiary alicyclic amines) is 2. The van der Waals surface area contributed by atoms with E-state index in [0.29, 0.717) is 60.1 Å². The normalized spacial score (nSPS) is 23.2. The summed E-state index contributed by atoms with van der Waals surface area (Å²) >= 11 is 12.5. The number of rotatable bonds is 10. The Hall–Kier alpha value is -2.58. The summed E-state index contributed by atoms with van der Waals surface area (Å²) in [4.78, 5) is 54.9. The van der Waals surface area contributed by atoms with E-state index < -0.39 is 11.3 Å². The number of nitrogens with one attached hydrogen (secondary N) is 1. The quantitative estimate of drug-likeness (QED) is 0.350. The van der Waals surface area contributed by atoms with Crippen molar-refractivity contribution in [3.05, 3.63) is 45.6 Å². The zero-order chi connectivity index (χ0) is 26.6. The van der Waals surface area contributed by atoms with E-state index in [9.17, 15) is 19.2 Å². The molecule has 1 aromatic carbocycles. The highest BCUT2D eigenvalue weighted by molar-refractivity contribution is 6.35. The number of hydrogen-bond acceptors (Lipinski definition) is 5. The number of ether oxygens (including phenoxy) is 1. The lowest BCUT2D eigenvalue weighted by molar-refractivity contribution is -0.161. The van der Waals surface area contributed by atoms with Crippen LogP contribution in [0.3, 0.4) is 0 Å². The van der Waals surface area contributed by atoms with Crippen LogP contribution in [0.2, 0.25) is 10.0 Å². The lowest BCUT2D eigenvalue weighted by atomic mass is 9.71. The second-order valence-electron chi connectivity index (χ2n) is 9.88. The molecule has 0 radical (unpaired) electrons. The number of benzene rings is 1. The minimum absolute atomic E-state index is 0.0270. The Labute approximate surface area is 227 Å². The highest BCUT2D eigenvalue weighted by Crippen LogP contribution is 2.51. The van der Waals surface area contributed by atoms with Crippen molar-refractivity contribution in [1.29, 1.82) is 0 Å². The summed E-state index contributed by atoms with van der Waals surface area (Å²) in [6.45, 7) is 3.95. The molecule has 1 aromatic rings. The van der Waals surface area contributed by atoms with E-state index in [0.717, 1.165) is 13.0 Å². The fourth-order valence-electron chi connectivity index (χ4n) is 5.64. The second-order valence-corrected chi connectivity index (χ2v) is 10.7. The lowest BCUT2D eigenvalue weighted by Gasteiger charge is -2.44. The molecule has 2 atom stereocenters. The minimum atomic E-state index is -0.968. The van der Waals surface area contributed by atoms with Crippen LogP contribution in [0.4, 0.5) is 0 Å². The molecule has 1 N–H and O–H groups in total. The van der Waals surface area contributed by atoms with Gasteiger partial charge in [-0.1, -0.05) is 35.3 Å². The summed E-state index contributed by atoms with van der Waals surface area (Å²) in [7, 11) is 0. The molecule has 0 saturated carbocycles. The van der Waals surface area contributed by atoms with Crippen LogP contribution in [0.25, 0.3) is 0 Å². The molecule has 4 rings (SSSR count). The molecule has 1 aliphatic carbocycles. The number of halogens is 2. The molecule has 10 heteroatoms. The van der Waals surface area contributed by atoms with Gasteiger partial charge in [-0.15, -0.1) is 0 Å². The van der Waals surface area contributed by atoms with Gasteiger partial charge in [0.05, 0.1) is 13.2 Å². The molecule has 2 aliphatic heterocycles. The molecule has 3 aliphatic rings. The average molecular weight is 550 g/mol. The van der Waals surface area contributed by atoms with E-state index in [1.165, 1.54) is 0 Å². The molecule has 2 heterocycles. The van der Waals surface area contributed by atoms with Crippen LogP contribution in [-0.2, 0) is 30.5 Å². The molecule has 200 valence electrons. The number of amides is 3. The van der Waals surface area contributed by atoms with Gasteiger partial charge in [-0.05, 0) is 56.7 Å². The van der Waals surface area contributed by atoms with Crippen LogP contribution in [0.15, 0.2) is 30.0 Å². The summed E-state index contributed by atoms with van der Waals surface area (Å²) in [6, 6.07) is 5.09. The third kappa shape index (κ3) is 5.96. The Morgan fingerprint density at radius 3 is 2.76 bits per heavy atom. The first-order chi connectivity index (χ1) is 17.7. The maximum atomic E-state index is 13.7. The Bertz CT molecular complexity index is 1110. The fraction of sp³-hybridized carbons (Fsp3) is 0.556. The van der Waals surface area contributed by atoms with Crippen molar-refractivity contribution in [3.63, 3.8) is 0 Å². The first kappa shape index (κ1) is 27.5. The molecule has 0 bridgehead atoms. The van der Waals surface area contributed by atoms with Crippen LogP contribution < -0.4 is 5.32 Å². The molecule has 37 heavy (non-hydrogen) atoms. The Morgan fingerprint density at radius 1 is 1.24 bits per heavy atom. The van der Waals surface area contributed by atoms with Gasteiger partial charge in [-0.2, -0.15) is 0 Å². The summed E-state index contributed by atoms with van der Waals surface area (Å²) in [5.41, 5.74) is 0.365. The summed E-state index contributed by atoms with van der Waals surface area (Å²) in [5.74, 6) is -1.34. The molecule has 0 spiro atoms. The fourth-order valence-corrected chi connectivity index (χ4v) is 6.11. The predicted molar refractivity (Wildman–Crippen MR) is 140 cm³/mol. The average Bonchev–Trinajstić information content (AvgIpc) is 3.47. The second kappa shape index (κ2) is 11.9. The lowest BCUT2D eigenvalue weighted by Crippen LogP contribution is -2.52. The van der Waals surface area contributed by atoms with E-state index in [1.54, 1.807) is 30.0 Å². The van der Waals surface area contributed by atoms with Crippen molar-refractivity contribution in [2.45, 2.75) is 58.4 Å². The van der Waals surface area contributed by atoms with E-state index in [1.807, 2.05) is 11.0 Å². The van der Waals surface area contributed by atoms with Crippen molar-refractivity contribution >= 4 is 46.9 Å². The van der Waals surface area contributed by atoms with Crippen molar-refractivity contribution in [2.24, 2.45) is 11.3 Å². The molecule has 8 nitrogen and oxygen atoms in total. The van der Waals surface area contributed by atoms with E-state index in [2.05, 4.69) is 5.32 Å². The molecule has 2 fully saturated rings. The maximum Gasteiger partial charge on any atom is 0.318 e. The Morgan fingerprint density at radius 2 is 2.05 bits per heavy atom. The van der Waals surface area contributed by atoms with Crippen LogP contribution in [-0.4, -0.2) is 59.7 Å². The zero-order valence-corrected chi connectivity index (χ0v) is 22.6. The SMILES string of the molecule is CCOC(=O)[C@]12CCC=C1N(Cc1ccc(Cl)cc1Cl)C(=O)[C@H](CC(=O)NCCCN1CCCC1=O)C2. The van der Waals surface area contributed by atoms with Gasteiger partial charge in [-0.3, -0.25) is 19.2 Å². The zero-order valence-electron chi connectivity index (χ0n) is 21.1. The van der Waals surface area contributed by atoms with Crippen LogP contribution in [0.1, 0.15) is 57.4 Å². The summed E-state index contributed by atoms with van der Waals surface area (Å²) < 4.78 is 5.46. The van der Waals surface area contributed by atoms with E-state index >= 15 is 0 Å². The maximum absolute atomic E-state index is 13.7.